The monoisotopic (exact) mass is 443 g/mol. The molecule has 1 amide bonds. The van der Waals surface area contributed by atoms with Gasteiger partial charge in [-0.3, -0.25) is 14.2 Å². The standard InChI is InChI=1S/C26H29N5O2/c1-19-15-20(2)31(28-19)14-8-13-27-26(32)24-18-30(17-21-9-5-4-6-10-21)29-25(24)22-11-7-12-23(16-22)33-3/h4-7,9-12,15-16,18H,8,13-14,17H2,1-3H3,(H,27,32). The van der Waals surface area contributed by atoms with E-state index < -0.39 is 0 Å². The lowest BCUT2D eigenvalue weighted by Crippen LogP contribution is -2.25. The third-order valence-corrected chi connectivity index (χ3v) is 5.47. The van der Waals surface area contributed by atoms with Crippen molar-refractivity contribution in [3.05, 3.63) is 89.4 Å². The van der Waals surface area contributed by atoms with Gasteiger partial charge in [-0.05, 0) is 44.0 Å². The van der Waals surface area contributed by atoms with Gasteiger partial charge in [-0.25, -0.2) is 0 Å². The van der Waals surface area contributed by atoms with Crippen molar-refractivity contribution in [2.45, 2.75) is 33.4 Å². The molecule has 7 heteroatoms. The van der Waals surface area contributed by atoms with Crippen molar-refractivity contribution in [2.24, 2.45) is 0 Å². The van der Waals surface area contributed by atoms with Crippen molar-refractivity contribution in [1.82, 2.24) is 24.9 Å². The van der Waals surface area contributed by atoms with Gasteiger partial charge in [-0.2, -0.15) is 10.2 Å². The summed E-state index contributed by atoms with van der Waals surface area (Å²) in [6.07, 6.45) is 2.61. The van der Waals surface area contributed by atoms with Crippen molar-refractivity contribution in [1.29, 1.82) is 0 Å². The van der Waals surface area contributed by atoms with Gasteiger partial charge in [-0.1, -0.05) is 42.5 Å². The van der Waals surface area contributed by atoms with E-state index in [2.05, 4.69) is 16.5 Å². The molecule has 2 aromatic carbocycles. The Bertz CT molecular complexity index is 1230. The molecule has 0 aliphatic heterocycles. The molecule has 0 spiro atoms. The number of methoxy groups -OCH3 is 1. The number of hydrogen-bond acceptors (Lipinski definition) is 4. The molecule has 2 heterocycles. The minimum absolute atomic E-state index is 0.138. The number of amides is 1. The van der Waals surface area contributed by atoms with Crippen LogP contribution in [0.1, 0.15) is 33.7 Å². The predicted molar refractivity (Wildman–Crippen MR) is 128 cm³/mol. The topological polar surface area (TPSA) is 74.0 Å². The molecule has 7 nitrogen and oxygen atoms in total. The number of nitrogens with zero attached hydrogens (tertiary/aromatic N) is 4. The highest BCUT2D eigenvalue weighted by atomic mass is 16.5. The Kier molecular flexibility index (Phi) is 6.88. The zero-order valence-corrected chi connectivity index (χ0v) is 19.3. The third kappa shape index (κ3) is 5.49. The number of aromatic nitrogens is 4. The summed E-state index contributed by atoms with van der Waals surface area (Å²) in [5.41, 5.74) is 5.28. The highest BCUT2D eigenvalue weighted by molar-refractivity contribution is 5.99. The van der Waals surface area contributed by atoms with E-state index in [1.54, 1.807) is 7.11 Å². The van der Waals surface area contributed by atoms with E-state index >= 15 is 0 Å². The maximum absolute atomic E-state index is 13.1. The van der Waals surface area contributed by atoms with Crippen LogP contribution in [0.5, 0.6) is 5.75 Å². The summed E-state index contributed by atoms with van der Waals surface area (Å²) in [4.78, 5) is 13.1. The first-order valence-corrected chi connectivity index (χ1v) is 11.1. The van der Waals surface area contributed by atoms with Gasteiger partial charge in [0.2, 0.25) is 0 Å². The number of hydrogen-bond donors (Lipinski definition) is 1. The number of benzene rings is 2. The molecule has 0 aliphatic rings. The van der Waals surface area contributed by atoms with E-state index in [-0.39, 0.29) is 5.91 Å². The van der Waals surface area contributed by atoms with Gasteiger partial charge in [0.1, 0.15) is 11.4 Å². The van der Waals surface area contributed by atoms with Crippen LogP contribution in [-0.2, 0) is 13.1 Å². The fourth-order valence-electron chi connectivity index (χ4n) is 3.85. The minimum Gasteiger partial charge on any atom is -0.497 e. The number of aryl methyl sites for hydroxylation is 3. The molecule has 33 heavy (non-hydrogen) atoms. The van der Waals surface area contributed by atoms with Gasteiger partial charge in [0, 0.05) is 30.5 Å². The number of nitrogens with one attached hydrogen (secondary N) is 1. The molecule has 170 valence electrons. The van der Waals surface area contributed by atoms with E-state index in [1.807, 2.05) is 84.0 Å². The summed E-state index contributed by atoms with van der Waals surface area (Å²) in [6, 6.07) is 19.8. The lowest BCUT2D eigenvalue weighted by molar-refractivity contribution is 0.0953. The second-order valence-corrected chi connectivity index (χ2v) is 8.07. The van der Waals surface area contributed by atoms with Crippen LogP contribution < -0.4 is 10.1 Å². The minimum atomic E-state index is -0.138. The molecular weight excluding hydrogens is 414 g/mol. The molecule has 4 rings (SSSR count). The zero-order valence-electron chi connectivity index (χ0n) is 19.3. The molecule has 0 radical (unpaired) electrons. The Labute approximate surface area is 194 Å². The molecule has 0 saturated carbocycles. The van der Waals surface area contributed by atoms with Crippen LogP contribution in [0.2, 0.25) is 0 Å². The Hall–Kier alpha value is -3.87. The SMILES string of the molecule is COc1cccc(-c2nn(Cc3ccccc3)cc2C(=O)NCCCn2nc(C)cc2C)c1. The third-order valence-electron chi connectivity index (χ3n) is 5.47. The molecule has 2 aromatic heterocycles. The summed E-state index contributed by atoms with van der Waals surface area (Å²) in [5, 5.41) is 12.3. The average molecular weight is 444 g/mol. The predicted octanol–water partition coefficient (Wildman–Crippen LogP) is 4.24. The first kappa shape index (κ1) is 22.3. The molecule has 0 fully saturated rings. The first-order valence-electron chi connectivity index (χ1n) is 11.1. The smallest absolute Gasteiger partial charge is 0.255 e. The van der Waals surface area contributed by atoms with Crippen molar-refractivity contribution < 1.29 is 9.53 Å². The zero-order chi connectivity index (χ0) is 23.2. The summed E-state index contributed by atoms with van der Waals surface area (Å²) < 4.78 is 9.16. The number of carbonyl (C=O) groups is 1. The summed E-state index contributed by atoms with van der Waals surface area (Å²) in [6.45, 7) is 5.93. The van der Waals surface area contributed by atoms with Gasteiger partial charge in [0.05, 0.1) is 24.9 Å². The Morgan fingerprint density at radius 2 is 1.85 bits per heavy atom. The molecule has 4 aromatic rings. The van der Waals surface area contributed by atoms with Gasteiger partial charge in [-0.15, -0.1) is 0 Å². The lowest BCUT2D eigenvalue weighted by atomic mass is 10.1. The molecule has 0 aliphatic carbocycles. The summed E-state index contributed by atoms with van der Waals surface area (Å²) in [7, 11) is 1.63. The fraction of sp³-hybridized carbons (Fsp3) is 0.269. The Morgan fingerprint density at radius 3 is 2.58 bits per heavy atom. The van der Waals surface area contributed by atoms with E-state index in [9.17, 15) is 4.79 Å². The average Bonchev–Trinajstić information content (AvgIpc) is 3.39. The van der Waals surface area contributed by atoms with Crippen molar-refractivity contribution >= 4 is 5.91 Å². The van der Waals surface area contributed by atoms with Crippen molar-refractivity contribution in [3.63, 3.8) is 0 Å². The van der Waals surface area contributed by atoms with Gasteiger partial charge < -0.3 is 10.1 Å². The maximum atomic E-state index is 13.1. The summed E-state index contributed by atoms with van der Waals surface area (Å²) in [5.74, 6) is 0.585. The van der Waals surface area contributed by atoms with E-state index in [0.29, 0.717) is 24.3 Å². The van der Waals surface area contributed by atoms with Crippen molar-refractivity contribution in [3.8, 4) is 17.0 Å². The quantitative estimate of drug-likeness (QED) is 0.393. The van der Waals surface area contributed by atoms with E-state index in [0.717, 1.165) is 41.2 Å². The molecule has 0 unspecified atom stereocenters. The lowest BCUT2D eigenvalue weighted by Gasteiger charge is -2.07. The van der Waals surface area contributed by atoms with Crippen LogP contribution in [0.15, 0.2) is 66.9 Å². The largest absolute Gasteiger partial charge is 0.497 e. The molecule has 0 bridgehead atoms. The van der Waals surface area contributed by atoms with E-state index in [1.165, 1.54) is 0 Å². The number of ether oxygens (including phenoxy) is 1. The number of carbonyl (C=O) groups excluding carboxylic acids is 1. The van der Waals surface area contributed by atoms with Crippen LogP contribution in [0.4, 0.5) is 0 Å². The highest BCUT2D eigenvalue weighted by Crippen LogP contribution is 2.26. The molecule has 1 N–H and O–H groups in total. The van der Waals surface area contributed by atoms with Crippen molar-refractivity contribution in [2.75, 3.05) is 13.7 Å². The van der Waals surface area contributed by atoms with Gasteiger partial charge in [0.25, 0.3) is 5.91 Å². The van der Waals surface area contributed by atoms with Gasteiger partial charge >= 0.3 is 0 Å². The van der Waals surface area contributed by atoms with Crippen LogP contribution >= 0.6 is 0 Å². The Morgan fingerprint density at radius 1 is 1.03 bits per heavy atom. The molecule has 0 atom stereocenters. The maximum Gasteiger partial charge on any atom is 0.255 e. The fourth-order valence-corrected chi connectivity index (χ4v) is 3.85. The normalized spacial score (nSPS) is 10.9. The highest BCUT2D eigenvalue weighted by Gasteiger charge is 2.18. The van der Waals surface area contributed by atoms with Crippen LogP contribution in [0, 0.1) is 13.8 Å². The summed E-state index contributed by atoms with van der Waals surface area (Å²) >= 11 is 0. The number of rotatable bonds is 9. The second kappa shape index (κ2) is 10.2. The van der Waals surface area contributed by atoms with Crippen LogP contribution in [-0.4, -0.2) is 39.1 Å². The first-order chi connectivity index (χ1) is 16.0. The second-order valence-electron chi connectivity index (χ2n) is 8.07. The van der Waals surface area contributed by atoms with Crippen LogP contribution in [0.3, 0.4) is 0 Å². The van der Waals surface area contributed by atoms with Crippen LogP contribution in [0.25, 0.3) is 11.3 Å². The van der Waals surface area contributed by atoms with E-state index in [4.69, 9.17) is 9.84 Å². The molecule has 0 saturated heterocycles. The Balaban J connectivity index is 1.51. The van der Waals surface area contributed by atoms with Gasteiger partial charge in [0.15, 0.2) is 0 Å². The molecular formula is C26H29N5O2.